The van der Waals surface area contributed by atoms with Crippen LogP contribution in [0.25, 0.3) is 38.9 Å². The molecule has 0 spiro atoms. The summed E-state index contributed by atoms with van der Waals surface area (Å²) in [6, 6.07) is 25.1. The molecule has 0 fully saturated rings. The molecule has 0 amide bonds. The van der Waals surface area contributed by atoms with E-state index in [0.29, 0.717) is 33.5 Å². The first-order valence-electron chi connectivity index (χ1n) is 11.0. The van der Waals surface area contributed by atoms with Gasteiger partial charge in [0.05, 0.1) is 22.9 Å². The van der Waals surface area contributed by atoms with Crippen molar-refractivity contribution in [1.29, 1.82) is 0 Å². The van der Waals surface area contributed by atoms with E-state index in [1.807, 2.05) is 92.7 Å². The predicted molar refractivity (Wildman–Crippen MR) is 135 cm³/mol. The van der Waals surface area contributed by atoms with Gasteiger partial charge in [0.25, 0.3) is 5.56 Å². The quantitative estimate of drug-likeness (QED) is 0.368. The lowest BCUT2D eigenvalue weighted by Crippen LogP contribution is -2.22. The molecule has 34 heavy (non-hydrogen) atoms. The summed E-state index contributed by atoms with van der Waals surface area (Å²) in [7, 11) is 0. The second-order valence-corrected chi connectivity index (χ2v) is 8.19. The lowest BCUT2D eigenvalue weighted by atomic mass is 10.2. The van der Waals surface area contributed by atoms with Crippen molar-refractivity contribution in [1.82, 2.24) is 24.2 Å². The first-order valence-corrected chi connectivity index (χ1v) is 11.0. The van der Waals surface area contributed by atoms with Gasteiger partial charge in [-0.2, -0.15) is 9.78 Å². The molecule has 0 aliphatic heterocycles. The Hall–Kier alpha value is -4.65. The van der Waals surface area contributed by atoms with Gasteiger partial charge in [-0.15, -0.1) is 0 Å². The molecular formula is C27H20N6O. The zero-order valence-electron chi connectivity index (χ0n) is 18.7. The molecule has 0 saturated heterocycles. The second kappa shape index (κ2) is 7.74. The number of nitrogens with zero attached hydrogens (tertiary/aromatic N) is 6. The SMILES string of the molecule is Cc1ccc(/C=N/n2c3nc4ccccc4nc3c3c(=O)n(-c4ccccc4)c(C)nc32)cc1. The van der Waals surface area contributed by atoms with Crippen LogP contribution in [0.1, 0.15) is 17.0 Å². The van der Waals surface area contributed by atoms with Gasteiger partial charge in [0.2, 0.25) is 0 Å². The number of hydrogen-bond donors (Lipinski definition) is 0. The second-order valence-electron chi connectivity index (χ2n) is 8.19. The highest BCUT2D eigenvalue weighted by Gasteiger charge is 2.21. The molecule has 0 atom stereocenters. The monoisotopic (exact) mass is 444 g/mol. The summed E-state index contributed by atoms with van der Waals surface area (Å²) in [6.45, 7) is 3.86. The molecule has 0 N–H and O–H groups in total. The smallest absolute Gasteiger partial charge is 0.268 e. The molecule has 3 heterocycles. The lowest BCUT2D eigenvalue weighted by Gasteiger charge is -2.09. The number of benzene rings is 3. The van der Waals surface area contributed by atoms with E-state index >= 15 is 0 Å². The van der Waals surface area contributed by atoms with E-state index in [4.69, 9.17) is 20.1 Å². The summed E-state index contributed by atoms with van der Waals surface area (Å²) in [5, 5.41) is 5.08. The molecular weight excluding hydrogens is 424 g/mol. The highest BCUT2D eigenvalue weighted by Crippen LogP contribution is 2.26. The van der Waals surface area contributed by atoms with Gasteiger partial charge in [0.1, 0.15) is 16.7 Å². The van der Waals surface area contributed by atoms with Gasteiger partial charge >= 0.3 is 0 Å². The molecule has 3 aromatic heterocycles. The maximum atomic E-state index is 13.8. The van der Waals surface area contributed by atoms with Crippen molar-refractivity contribution >= 4 is 39.4 Å². The van der Waals surface area contributed by atoms with Crippen LogP contribution in [0.2, 0.25) is 0 Å². The van der Waals surface area contributed by atoms with Crippen LogP contribution in [0.15, 0.2) is 88.8 Å². The molecule has 164 valence electrons. The molecule has 0 bridgehead atoms. The number of aryl methyl sites for hydroxylation is 2. The third kappa shape index (κ3) is 3.17. The highest BCUT2D eigenvalue weighted by molar-refractivity contribution is 6.05. The summed E-state index contributed by atoms with van der Waals surface area (Å²) < 4.78 is 3.22. The van der Waals surface area contributed by atoms with Crippen molar-refractivity contribution in [2.24, 2.45) is 5.10 Å². The fraction of sp³-hybridized carbons (Fsp3) is 0.0741. The molecule has 6 rings (SSSR count). The normalized spacial score (nSPS) is 11.8. The van der Waals surface area contributed by atoms with Gasteiger partial charge in [-0.25, -0.2) is 15.0 Å². The number of aromatic nitrogens is 5. The predicted octanol–water partition coefficient (Wildman–Crippen LogP) is 4.78. The highest BCUT2D eigenvalue weighted by atomic mass is 16.1. The summed E-state index contributed by atoms with van der Waals surface area (Å²) in [5.41, 5.74) is 5.50. The standard InChI is InChI=1S/C27H20N6O/c1-17-12-14-19(15-13-17)16-28-33-25-23(24-26(33)31-22-11-7-6-10-21(22)30-24)27(34)32(18(2)29-25)20-8-4-3-5-9-20/h3-16H,1-2H3/b28-16+. The van der Waals surface area contributed by atoms with Crippen LogP contribution < -0.4 is 5.56 Å². The van der Waals surface area contributed by atoms with E-state index in [1.165, 1.54) is 5.56 Å². The average molecular weight is 444 g/mol. The fourth-order valence-electron chi connectivity index (χ4n) is 4.15. The van der Waals surface area contributed by atoms with E-state index < -0.39 is 0 Å². The summed E-state index contributed by atoms with van der Waals surface area (Å²) in [5.74, 6) is 0.558. The number of hydrogen-bond acceptors (Lipinski definition) is 5. The zero-order chi connectivity index (χ0) is 23.2. The van der Waals surface area contributed by atoms with Crippen molar-refractivity contribution in [2.75, 3.05) is 0 Å². The fourth-order valence-corrected chi connectivity index (χ4v) is 4.15. The minimum atomic E-state index is -0.201. The van der Waals surface area contributed by atoms with Crippen LogP contribution in [0.5, 0.6) is 0 Å². The van der Waals surface area contributed by atoms with E-state index in [2.05, 4.69) is 0 Å². The van der Waals surface area contributed by atoms with Crippen LogP contribution in [0, 0.1) is 13.8 Å². The van der Waals surface area contributed by atoms with Crippen LogP contribution >= 0.6 is 0 Å². The van der Waals surface area contributed by atoms with Gasteiger partial charge in [-0.05, 0) is 43.7 Å². The lowest BCUT2D eigenvalue weighted by molar-refractivity contribution is 0.865. The summed E-state index contributed by atoms with van der Waals surface area (Å²) in [4.78, 5) is 28.2. The van der Waals surface area contributed by atoms with Crippen molar-refractivity contribution in [3.05, 3.63) is 106 Å². The van der Waals surface area contributed by atoms with Crippen molar-refractivity contribution in [3.8, 4) is 5.69 Å². The topological polar surface area (TPSA) is 78.0 Å². The molecule has 0 radical (unpaired) electrons. The maximum Gasteiger partial charge on any atom is 0.269 e. The van der Waals surface area contributed by atoms with Gasteiger partial charge in [-0.3, -0.25) is 9.36 Å². The molecule has 0 unspecified atom stereocenters. The Morgan fingerprint density at radius 1 is 0.765 bits per heavy atom. The first-order chi connectivity index (χ1) is 16.6. The molecule has 0 aliphatic carbocycles. The molecule has 7 nitrogen and oxygen atoms in total. The Balaban J connectivity index is 1.70. The molecule has 6 aromatic rings. The largest absolute Gasteiger partial charge is 0.269 e. The first kappa shape index (κ1) is 20.0. The van der Waals surface area contributed by atoms with Crippen molar-refractivity contribution in [3.63, 3.8) is 0 Å². The molecule has 0 saturated carbocycles. The third-order valence-electron chi connectivity index (χ3n) is 5.84. The van der Waals surface area contributed by atoms with Crippen molar-refractivity contribution < 1.29 is 0 Å². The van der Waals surface area contributed by atoms with Crippen LogP contribution in [0.3, 0.4) is 0 Å². The number of para-hydroxylation sites is 3. The average Bonchev–Trinajstić information content (AvgIpc) is 3.15. The minimum Gasteiger partial charge on any atom is -0.268 e. The minimum absolute atomic E-state index is 0.201. The Morgan fingerprint density at radius 3 is 2.18 bits per heavy atom. The van der Waals surface area contributed by atoms with E-state index in [9.17, 15) is 4.79 Å². The van der Waals surface area contributed by atoms with Crippen LogP contribution in [0.4, 0.5) is 0 Å². The van der Waals surface area contributed by atoms with Gasteiger partial charge in [0, 0.05) is 0 Å². The van der Waals surface area contributed by atoms with E-state index in [-0.39, 0.29) is 5.56 Å². The van der Waals surface area contributed by atoms with Crippen molar-refractivity contribution in [2.45, 2.75) is 13.8 Å². The maximum absolute atomic E-state index is 13.8. The Kier molecular flexibility index (Phi) is 4.55. The van der Waals surface area contributed by atoms with E-state index in [0.717, 1.165) is 16.8 Å². The Bertz CT molecular complexity index is 1780. The zero-order valence-corrected chi connectivity index (χ0v) is 18.7. The number of fused-ring (bicyclic) bond motifs is 4. The number of rotatable bonds is 3. The van der Waals surface area contributed by atoms with Gasteiger partial charge in [0.15, 0.2) is 11.3 Å². The Labute approximate surface area is 194 Å². The molecule has 0 aliphatic rings. The summed E-state index contributed by atoms with van der Waals surface area (Å²) in [6.07, 6.45) is 1.74. The van der Waals surface area contributed by atoms with Crippen LogP contribution in [-0.4, -0.2) is 30.4 Å². The molecule has 7 heteroatoms. The summed E-state index contributed by atoms with van der Waals surface area (Å²) >= 11 is 0. The Morgan fingerprint density at radius 2 is 1.44 bits per heavy atom. The van der Waals surface area contributed by atoms with Gasteiger partial charge < -0.3 is 0 Å². The van der Waals surface area contributed by atoms with Crippen LogP contribution in [-0.2, 0) is 0 Å². The third-order valence-corrected chi connectivity index (χ3v) is 5.84. The van der Waals surface area contributed by atoms with Gasteiger partial charge in [-0.1, -0.05) is 60.2 Å². The van der Waals surface area contributed by atoms with E-state index in [1.54, 1.807) is 15.5 Å². The molecule has 3 aromatic carbocycles.